The predicted molar refractivity (Wildman–Crippen MR) is 120 cm³/mol. The second-order valence-electron chi connectivity index (χ2n) is 7.01. The number of aryl methyl sites for hydroxylation is 1. The van der Waals surface area contributed by atoms with Crippen LogP contribution in [0.4, 0.5) is 0 Å². The summed E-state index contributed by atoms with van der Waals surface area (Å²) in [5.41, 5.74) is 6.17. The number of carbonyl (C=O) groups is 4. The van der Waals surface area contributed by atoms with Gasteiger partial charge in [0, 0.05) is 21.4 Å². The molecule has 8 nitrogen and oxygen atoms in total. The van der Waals surface area contributed by atoms with Crippen molar-refractivity contribution in [2.75, 3.05) is 6.61 Å². The molecular formula is C23H22N2O6S. The monoisotopic (exact) mass is 454 g/mol. The molecule has 0 saturated heterocycles. The summed E-state index contributed by atoms with van der Waals surface area (Å²) in [4.78, 5) is 48.6. The third-order valence-electron chi connectivity index (χ3n) is 4.80. The molecule has 0 radical (unpaired) electrons. The van der Waals surface area contributed by atoms with Crippen LogP contribution in [0.5, 0.6) is 5.75 Å². The van der Waals surface area contributed by atoms with Gasteiger partial charge in [0.15, 0.2) is 6.61 Å². The molecule has 1 heterocycles. The lowest BCUT2D eigenvalue weighted by Gasteiger charge is -2.15. The van der Waals surface area contributed by atoms with E-state index in [1.165, 1.54) is 11.3 Å². The zero-order valence-corrected chi connectivity index (χ0v) is 18.1. The Balaban J connectivity index is 1.78. The first kappa shape index (κ1) is 23.0. The summed E-state index contributed by atoms with van der Waals surface area (Å²) in [6.45, 7) is 1.40. The molecule has 0 bridgehead atoms. The van der Waals surface area contributed by atoms with E-state index in [1.54, 1.807) is 42.5 Å². The van der Waals surface area contributed by atoms with Crippen molar-refractivity contribution in [1.29, 1.82) is 0 Å². The van der Waals surface area contributed by atoms with Crippen LogP contribution in [0, 0.1) is 0 Å². The highest BCUT2D eigenvalue weighted by molar-refractivity contribution is 7.19. The van der Waals surface area contributed by atoms with E-state index in [-0.39, 0.29) is 17.7 Å². The van der Waals surface area contributed by atoms with E-state index in [2.05, 4.69) is 5.32 Å². The molecular weight excluding hydrogens is 432 g/mol. The van der Waals surface area contributed by atoms with Gasteiger partial charge in [0.25, 0.3) is 17.6 Å². The smallest absolute Gasteiger partial charge is 0.326 e. The second-order valence-corrected chi connectivity index (χ2v) is 8.15. The first-order valence-corrected chi connectivity index (χ1v) is 10.7. The number of thiophene rings is 1. The van der Waals surface area contributed by atoms with E-state index < -0.39 is 36.2 Å². The largest absolute Gasteiger partial charge is 0.483 e. The molecule has 166 valence electrons. The molecule has 1 atom stereocenters. The van der Waals surface area contributed by atoms with Gasteiger partial charge in [-0.3, -0.25) is 14.4 Å². The maximum Gasteiger partial charge on any atom is 0.326 e. The quantitative estimate of drug-likeness (QED) is 0.318. The van der Waals surface area contributed by atoms with Crippen LogP contribution in [0.15, 0.2) is 48.5 Å². The van der Waals surface area contributed by atoms with Crippen molar-refractivity contribution in [2.24, 2.45) is 5.73 Å². The Kier molecular flexibility index (Phi) is 7.21. The highest BCUT2D eigenvalue weighted by atomic mass is 32.1. The summed E-state index contributed by atoms with van der Waals surface area (Å²) in [5, 5.41) is 12.3. The van der Waals surface area contributed by atoms with Crippen LogP contribution in [0.25, 0.3) is 10.1 Å². The molecule has 2 aromatic carbocycles. The number of nitrogens with one attached hydrogen (secondary N) is 1. The standard InChI is InChI=1S/C23H22N2O6S/c1-2-16-20(21(27)22(24)28)19-15(9-6-10-17(19)32-16)31-12-18(26)25-14(23(29)30)11-13-7-4-3-5-8-13/h3-10,14H,2,11-12H2,1H3,(H2,24,28)(H,25,26)(H,29,30)/t14-/m0/s1. The Bertz CT molecular complexity index is 1170. The number of carbonyl (C=O) groups excluding carboxylic acids is 3. The lowest BCUT2D eigenvalue weighted by molar-refractivity contribution is -0.142. The van der Waals surface area contributed by atoms with Gasteiger partial charge in [-0.05, 0) is 24.1 Å². The molecule has 0 aliphatic heterocycles. The number of carboxylic acids is 1. The molecule has 3 aromatic rings. The number of Topliss-reactive ketones (excluding diaryl/α,β-unsaturated/α-hetero) is 1. The van der Waals surface area contributed by atoms with Gasteiger partial charge < -0.3 is 20.9 Å². The fraction of sp³-hybridized carbons (Fsp3) is 0.217. The van der Waals surface area contributed by atoms with Crippen LogP contribution in [-0.4, -0.2) is 41.3 Å². The van der Waals surface area contributed by atoms with E-state index in [1.807, 2.05) is 13.0 Å². The van der Waals surface area contributed by atoms with Crippen LogP contribution in [-0.2, 0) is 27.2 Å². The van der Waals surface area contributed by atoms with Crippen LogP contribution < -0.4 is 15.8 Å². The number of primary amides is 1. The number of amides is 2. The van der Waals surface area contributed by atoms with Gasteiger partial charge in [-0.15, -0.1) is 11.3 Å². The number of hydrogen-bond acceptors (Lipinski definition) is 6. The molecule has 0 spiro atoms. The first-order valence-electron chi connectivity index (χ1n) is 9.89. The lowest BCUT2D eigenvalue weighted by Crippen LogP contribution is -2.44. The molecule has 3 rings (SSSR count). The molecule has 0 unspecified atom stereocenters. The van der Waals surface area contributed by atoms with E-state index in [0.29, 0.717) is 16.7 Å². The van der Waals surface area contributed by atoms with Gasteiger partial charge in [-0.2, -0.15) is 0 Å². The van der Waals surface area contributed by atoms with Gasteiger partial charge in [0.05, 0.1) is 5.56 Å². The minimum atomic E-state index is -1.16. The molecule has 0 aliphatic rings. The minimum Gasteiger partial charge on any atom is -0.483 e. The summed E-state index contributed by atoms with van der Waals surface area (Å²) in [7, 11) is 0. The van der Waals surface area contributed by atoms with Crippen molar-refractivity contribution in [3.63, 3.8) is 0 Å². The number of fused-ring (bicyclic) bond motifs is 1. The van der Waals surface area contributed by atoms with Crippen molar-refractivity contribution >= 4 is 45.0 Å². The van der Waals surface area contributed by atoms with Crippen LogP contribution >= 0.6 is 11.3 Å². The first-order chi connectivity index (χ1) is 15.3. The normalized spacial score (nSPS) is 11.7. The number of rotatable bonds is 10. The number of nitrogens with two attached hydrogens (primary N) is 1. The maximum absolute atomic E-state index is 12.4. The van der Waals surface area contributed by atoms with Crippen LogP contribution in [0.1, 0.15) is 27.7 Å². The maximum atomic E-state index is 12.4. The van der Waals surface area contributed by atoms with Gasteiger partial charge in [-0.25, -0.2) is 4.79 Å². The van der Waals surface area contributed by atoms with Crippen molar-refractivity contribution in [3.05, 3.63) is 64.5 Å². The molecule has 32 heavy (non-hydrogen) atoms. The Hall–Kier alpha value is -3.72. The van der Waals surface area contributed by atoms with Gasteiger partial charge in [0.2, 0.25) is 0 Å². The average molecular weight is 455 g/mol. The Morgan fingerprint density at radius 3 is 2.44 bits per heavy atom. The number of aliphatic carboxylic acids is 1. The molecule has 0 aliphatic carbocycles. The van der Waals surface area contributed by atoms with Gasteiger partial charge in [-0.1, -0.05) is 43.3 Å². The van der Waals surface area contributed by atoms with E-state index in [0.717, 1.165) is 10.3 Å². The highest BCUT2D eigenvalue weighted by Gasteiger charge is 2.25. The third-order valence-corrected chi connectivity index (χ3v) is 6.10. The number of ketones is 1. The molecule has 1 aromatic heterocycles. The number of carboxylic acid groups (broad SMARTS) is 1. The number of ether oxygens (including phenoxy) is 1. The fourth-order valence-electron chi connectivity index (χ4n) is 3.33. The van der Waals surface area contributed by atoms with Gasteiger partial charge in [0.1, 0.15) is 11.8 Å². The van der Waals surface area contributed by atoms with E-state index >= 15 is 0 Å². The molecule has 4 N–H and O–H groups in total. The van der Waals surface area contributed by atoms with Crippen molar-refractivity contribution in [1.82, 2.24) is 5.32 Å². The number of benzene rings is 2. The van der Waals surface area contributed by atoms with Crippen LogP contribution in [0.2, 0.25) is 0 Å². The van der Waals surface area contributed by atoms with Crippen LogP contribution in [0.3, 0.4) is 0 Å². The molecule has 0 fully saturated rings. The minimum absolute atomic E-state index is 0.124. The van der Waals surface area contributed by atoms with Crippen molar-refractivity contribution in [2.45, 2.75) is 25.8 Å². The van der Waals surface area contributed by atoms with Crippen molar-refractivity contribution in [3.8, 4) is 5.75 Å². The van der Waals surface area contributed by atoms with Gasteiger partial charge >= 0.3 is 5.97 Å². The lowest BCUT2D eigenvalue weighted by atomic mass is 10.0. The SMILES string of the molecule is CCc1sc2cccc(OCC(=O)N[C@@H](Cc3ccccc3)C(=O)O)c2c1C(=O)C(N)=O. The predicted octanol–water partition coefficient (Wildman–Crippen LogP) is 2.32. The topological polar surface area (TPSA) is 136 Å². The highest BCUT2D eigenvalue weighted by Crippen LogP contribution is 2.38. The summed E-state index contributed by atoms with van der Waals surface area (Å²) in [5.74, 6) is -3.43. The Morgan fingerprint density at radius 1 is 1.09 bits per heavy atom. The Morgan fingerprint density at radius 2 is 1.81 bits per heavy atom. The average Bonchev–Trinajstić information content (AvgIpc) is 3.16. The summed E-state index contributed by atoms with van der Waals surface area (Å²) in [6.07, 6.45) is 0.645. The second kappa shape index (κ2) is 10.1. The zero-order chi connectivity index (χ0) is 23.3. The zero-order valence-electron chi connectivity index (χ0n) is 17.3. The number of hydrogen-bond donors (Lipinski definition) is 3. The fourth-order valence-corrected chi connectivity index (χ4v) is 4.49. The third kappa shape index (κ3) is 5.12. The molecule has 9 heteroatoms. The summed E-state index contributed by atoms with van der Waals surface area (Å²) >= 11 is 1.35. The summed E-state index contributed by atoms with van der Waals surface area (Å²) in [6, 6.07) is 12.9. The van der Waals surface area contributed by atoms with E-state index in [4.69, 9.17) is 10.5 Å². The van der Waals surface area contributed by atoms with E-state index in [9.17, 15) is 24.3 Å². The van der Waals surface area contributed by atoms with Crippen molar-refractivity contribution < 1.29 is 29.0 Å². The summed E-state index contributed by atoms with van der Waals surface area (Å²) < 4.78 is 6.36. The molecule has 2 amide bonds. The molecule has 0 saturated carbocycles. The Labute approximate surface area is 188 Å².